The number of rotatable bonds is 3. The fraction of sp³-hybridized carbons (Fsp3) is 0.0476. The lowest BCUT2D eigenvalue weighted by Gasteiger charge is -2.02. The Bertz CT molecular complexity index is 992. The van der Waals surface area contributed by atoms with Crippen LogP contribution in [-0.4, -0.2) is 7.11 Å². The van der Waals surface area contributed by atoms with E-state index in [1.807, 2.05) is 12.1 Å². The number of hydrogen-bond acceptors (Lipinski definition) is 1. The molecule has 3 aromatic carbocycles. The van der Waals surface area contributed by atoms with Crippen molar-refractivity contribution < 1.29 is 21.7 Å². The normalized spacial score (nSPS) is 11.2. The summed E-state index contributed by atoms with van der Waals surface area (Å²) in [5.41, 5.74) is 1.23. The quantitative estimate of drug-likeness (QED) is 0.406. The van der Waals surface area contributed by atoms with Crippen LogP contribution in [0.4, 0.5) is 0 Å². The molecule has 1 unspecified atom stereocenters. The van der Waals surface area contributed by atoms with Gasteiger partial charge >= 0.3 is 0 Å². The second-order valence-electron chi connectivity index (χ2n) is 5.49. The van der Waals surface area contributed by atoms with Crippen molar-refractivity contribution in [2.45, 2.75) is 0 Å². The van der Waals surface area contributed by atoms with Crippen LogP contribution in [0.3, 0.4) is 0 Å². The average molecular weight is 476 g/mol. The van der Waals surface area contributed by atoms with E-state index in [2.05, 4.69) is 82.7 Å². The summed E-state index contributed by atoms with van der Waals surface area (Å²) >= 11 is 3.87. The SMILES string of the molecule is COc1ccc(-c2c(Br)c3ccccc3[s+]2-c2ccccc2)cc1.[Br-]. The molecule has 0 saturated carbocycles. The van der Waals surface area contributed by atoms with Crippen LogP contribution in [0.5, 0.6) is 5.75 Å². The van der Waals surface area contributed by atoms with Crippen molar-refractivity contribution in [1.82, 2.24) is 0 Å². The standard InChI is InChI=1S/C21H16BrOS.BrH/c1-23-16-13-11-15(12-14-16)21-20(22)18-9-5-6-10-19(18)24(21)17-7-3-2-4-8-17;/h2-14H,1H3;1H/q+1;/p-1. The highest BCUT2D eigenvalue weighted by Gasteiger charge is 2.29. The van der Waals surface area contributed by atoms with E-state index in [0.717, 1.165) is 5.75 Å². The molecular formula is C21H16Br2OS. The molecule has 0 fully saturated rings. The average Bonchev–Trinajstić information content (AvgIpc) is 2.95. The van der Waals surface area contributed by atoms with Crippen molar-refractivity contribution in [1.29, 1.82) is 0 Å². The summed E-state index contributed by atoms with van der Waals surface area (Å²) in [5.74, 6) is 0.880. The van der Waals surface area contributed by atoms with E-state index in [-0.39, 0.29) is 27.5 Å². The lowest BCUT2D eigenvalue weighted by atomic mass is 10.1. The number of halogens is 2. The van der Waals surface area contributed by atoms with Gasteiger partial charge in [-0.1, -0.05) is 30.3 Å². The summed E-state index contributed by atoms with van der Waals surface area (Å²) < 4.78 is 7.87. The van der Waals surface area contributed by atoms with E-state index in [1.165, 1.54) is 29.9 Å². The van der Waals surface area contributed by atoms with Crippen molar-refractivity contribution in [3.8, 4) is 21.1 Å². The summed E-state index contributed by atoms with van der Waals surface area (Å²) in [4.78, 5) is 2.68. The van der Waals surface area contributed by atoms with Gasteiger partial charge in [0.2, 0.25) is 4.88 Å². The molecule has 1 aromatic heterocycles. The van der Waals surface area contributed by atoms with Gasteiger partial charge in [-0.3, -0.25) is 0 Å². The number of hydrogen-bond donors (Lipinski definition) is 0. The van der Waals surface area contributed by atoms with Gasteiger partial charge in [-0.05, 0) is 64.5 Å². The summed E-state index contributed by atoms with van der Waals surface area (Å²) in [7, 11) is 1.60. The van der Waals surface area contributed by atoms with E-state index in [1.54, 1.807) is 7.11 Å². The Hall–Kier alpha value is -1.62. The number of fused-ring (bicyclic) bond motifs is 1. The summed E-state index contributed by atoms with van der Waals surface area (Å²) in [6.45, 7) is 0. The van der Waals surface area contributed by atoms with Gasteiger partial charge in [-0.2, -0.15) is 0 Å². The summed E-state index contributed by atoms with van der Waals surface area (Å²) in [5, 5.41) is 1.29. The Morgan fingerprint density at radius 3 is 2.12 bits per heavy atom. The molecule has 1 atom stereocenters. The van der Waals surface area contributed by atoms with E-state index >= 15 is 0 Å². The molecule has 0 spiro atoms. The number of ether oxygens (including phenoxy) is 1. The van der Waals surface area contributed by atoms with Crippen molar-refractivity contribution in [3.63, 3.8) is 0 Å². The Balaban J connectivity index is 0.00000182. The Morgan fingerprint density at radius 1 is 0.800 bits per heavy atom. The zero-order valence-corrected chi connectivity index (χ0v) is 17.6. The lowest BCUT2D eigenvalue weighted by molar-refractivity contribution is -0.00000472. The molecule has 0 aliphatic carbocycles. The molecule has 0 aliphatic rings. The first kappa shape index (κ1) is 18.2. The minimum absolute atomic E-state index is 0. The maximum atomic E-state index is 5.31. The molecule has 1 heterocycles. The molecule has 0 aliphatic heterocycles. The number of methoxy groups -OCH3 is 1. The summed E-state index contributed by atoms with van der Waals surface area (Å²) in [6.07, 6.45) is 0. The monoisotopic (exact) mass is 474 g/mol. The highest BCUT2D eigenvalue weighted by Crippen LogP contribution is 2.53. The molecule has 4 rings (SSSR count). The van der Waals surface area contributed by atoms with Gasteiger partial charge in [-0.25, -0.2) is 0 Å². The fourth-order valence-electron chi connectivity index (χ4n) is 2.94. The highest BCUT2D eigenvalue weighted by atomic mass is 79.9. The van der Waals surface area contributed by atoms with Crippen LogP contribution in [0, 0.1) is 0 Å². The topological polar surface area (TPSA) is 9.23 Å². The third-order valence-corrected chi connectivity index (χ3v) is 7.55. The first-order valence-electron chi connectivity index (χ1n) is 7.72. The molecule has 25 heavy (non-hydrogen) atoms. The van der Waals surface area contributed by atoms with Gasteiger partial charge in [0.1, 0.15) is 5.75 Å². The van der Waals surface area contributed by atoms with Gasteiger partial charge in [-0.15, -0.1) is 0 Å². The minimum Gasteiger partial charge on any atom is -1.00 e. The number of benzene rings is 3. The molecule has 0 radical (unpaired) electrons. The zero-order chi connectivity index (χ0) is 16.5. The van der Waals surface area contributed by atoms with E-state index in [4.69, 9.17) is 4.74 Å². The molecule has 4 aromatic rings. The third kappa shape index (κ3) is 3.26. The van der Waals surface area contributed by atoms with Crippen LogP contribution in [0.1, 0.15) is 0 Å². The van der Waals surface area contributed by atoms with Crippen LogP contribution in [0.2, 0.25) is 0 Å². The molecule has 0 N–H and O–H groups in total. The van der Waals surface area contributed by atoms with Crippen molar-refractivity contribution >= 4 is 36.5 Å². The summed E-state index contributed by atoms with van der Waals surface area (Å²) in [6, 6.07) is 27.7. The van der Waals surface area contributed by atoms with Crippen LogP contribution < -0.4 is 21.7 Å². The van der Waals surface area contributed by atoms with Crippen molar-refractivity contribution in [2.75, 3.05) is 7.11 Å². The second-order valence-corrected chi connectivity index (χ2v) is 8.21. The van der Waals surface area contributed by atoms with Crippen molar-refractivity contribution in [3.05, 3.63) is 83.3 Å². The predicted molar refractivity (Wildman–Crippen MR) is 107 cm³/mol. The first-order chi connectivity index (χ1) is 11.8. The largest absolute Gasteiger partial charge is 1.00 e. The first-order valence-corrected chi connectivity index (χ1v) is 9.74. The molecule has 1 nitrogen and oxygen atoms in total. The minimum atomic E-state index is -0.101. The molecule has 4 heteroatoms. The van der Waals surface area contributed by atoms with Crippen LogP contribution in [-0.2, 0) is 0 Å². The van der Waals surface area contributed by atoms with E-state index in [9.17, 15) is 0 Å². The molecule has 126 valence electrons. The van der Waals surface area contributed by atoms with E-state index in [0.29, 0.717) is 0 Å². The van der Waals surface area contributed by atoms with Gasteiger partial charge in [0.05, 0.1) is 17.0 Å². The number of thiophene rings is 1. The second kappa shape index (κ2) is 7.73. The van der Waals surface area contributed by atoms with Crippen LogP contribution in [0.25, 0.3) is 25.4 Å². The van der Waals surface area contributed by atoms with Crippen LogP contribution in [0.15, 0.2) is 83.3 Å². The molecular weight excluding hydrogens is 460 g/mol. The zero-order valence-electron chi connectivity index (χ0n) is 13.6. The fourth-order valence-corrected chi connectivity index (χ4v) is 6.53. The maximum Gasteiger partial charge on any atom is 0.201 e. The van der Waals surface area contributed by atoms with E-state index < -0.39 is 0 Å². The lowest BCUT2D eigenvalue weighted by Crippen LogP contribution is -3.00. The molecule has 0 bridgehead atoms. The van der Waals surface area contributed by atoms with Crippen LogP contribution >= 0.6 is 26.4 Å². The smallest absolute Gasteiger partial charge is 0.201 e. The van der Waals surface area contributed by atoms with Crippen molar-refractivity contribution in [2.24, 2.45) is 0 Å². The highest BCUT2D eigenvalue weighted by molar-refractivity contribution is 9.10. The molecule has 0 saturated heterocycles. The Morgan fingerprint density at radius 2 is 1.44 bits per heavy atom. The van der Waals surface area contributed by atoms with Gasteiger partial charge < -0.3 is 21.7 Å². The maximum absolute atomic E-state index is 5.31. The third-order valence-electron chi connectivity index (χ3n) is 4.08. The predicted octanol–water partition coefficient (Wildman–Crippen LogP) is 4.02. The van der Waals surface area contributed by atoms with Gasteiger partial charge in [0.15, 0.2) is 9.60 Å². The van der Waals surface area contributed by atoms with Gasteiger partial charge in [0.25, 0.3) is 0 Å². The van der Waals surface area contributed by atoms with Gasteiger partial charge in [0, 0.05) is 16.0 Å². The Kier molecular flexibility index (Phi) is 5.62. The molecule has 0 amide bonds. The Labute approximate surface area is 169 Å².